The smallest absolute Gasteiger partial charge is 0.354 e. The van der Waals surface area contributed by atoms with Gasteiger partial charge in [0, 0.05) is 11.7 Å². The second-order valence-electron chi connectivity index (χ2n) is 4.06. The molecule has 1 unspecified atom stereocenters. The lowest BCUT2D eigenvalue weighted by molar-refractivity contribution is 0.0690. The predicted octanol–water partition coefficient (Wildman–Crippen LogP) is 2.47. The van der Waals surface area contributed by atoms with E-state index in [0.717, 1.165) is 19.3 Å². The molecule has 5 heteroatoms. The fraction of sp³-hybridized carbons (Fsp3) is 0.583. The summed E-state index contributed by atoms with van der Waals surface area (Å²) in [5.41, 5.74) is 0.692. The van der Waals surface area contributed by atoms with Gasteiger partial charge in [-0.05, 0) is 25.8 Å². The number of carboxylic acids is 1. The van der Waals surface area contributed by atoms with Gasteiger partial charge in [-0.2, -0.15) is 0 Å². The fourth-order valence-electron chi connectivity index (χ4n) is 1.65. The Balaban J connectivity index is 2.86. The number of rotatable bonds is 6. The second-order valence-corrected chi connectivity index (χ2v) is 4.06. The van der Waals surface area contributed by atoms with Crippen LogP contribution in [0, 0.1) is 6.92 Å². The molecule has 0 aliphatic rings. The third kappa shape index (κ3) is 4.01. The Hall–Kier alpha value is -1.65. The molecule has 1 rings (SSSR count). The SMILES string of the molecule is CCCC(CC)Nc1nc(C)cc(C(=O)O)n1. The van der Waals surface area contributed by atoms with E-state index in [4.69, 9.17) is 5.11 Å². The van der Waals surface area contributed by atoms with Gasteiger partial charge < -0.3 is 10.4 Å². The second kappa shape index (κ2) is 6.18. The third-order valence-electron chi connectivity index (χ3n) is 2.54. The van der Waals surface area contributed by atoms with Crippen LogP contribution in [0.4, 0.5) is 5.95 Å². The molecule has 17 heavy (non-hydrogen) atoms. The zero-order chi connectivity index (χ0) is 12.8. The average Bonchev–Trinajstić information content (AvgIpc) is 2.27. The van der Waals surface area contributed by atoms with Gasteiger partial charge in [0.1, 0.15) is 0 Å². The van der Waals surface area contributed by atoms with Crippen molar-refractivity contribution >= 4 is 11.9 Å². The zero-order valence-corrected chi connectivity index (χ0v) is 10.5. The summed E-state index contributed by atoms with van der Waals surface area (Å²) in [7, 11) is 0. The van der Waals surface area contributed by atoms with Gasteiger partial charge in [-0.3, -0.25) is 0 Å². The molecule has 94 valence electrons. The molecule has 0 aliphatic carbocycles. The van der Waals surface area contributed by atoms with E-state index in [1.165, 1.54) is 6.07 Å². The third-order valence-corrected chi connectivity index (χ3v) is 2.54. The summed E-state index contributed by atoms with van der Waals surface area (Å²) in [6.45, 7) is 5.96. The molecule has 0 saturated heterocycles. The average molecular weight is 237 g/mol. The maximum absolute atomic E-state index is 10.9. The highest BCUT2D eigenvalue weighted by molar-refractivity contribution is 5.85. The number of anilines is 1. The number of hydrogen-bond acceptors (Lipinski definition) is 4. The van der Waals surface area contributed by atoms with Gasteiger partial charge >= 0.3 is 5.97 Å². The molecule has 0 fully saturated rings. The van der Waals surface area contributed by atoms with Crippen molar-refractivity contribution in [1.82, 2.24) is 9.97 Å². The van der Waals surface area contributed by atoms with Gasteiger partial charge in [0.15, 0.2) is 5.69 Å². The predicted molar refractivity (Wildman–Crippen MR) is 66.3 cm³/mol. The van der Waals surface area contributed by atoms with Gasteiger partial charge in [-0.1, -0.05) is 20.3 Å². The maximum Gasteiger partial charge on any atom is 0.354 e. The van der Waals surface area contributed by atoms with Crippen LogP contribution >= 0.6 is 0 Å². The first-order chi connectivity index (χ1) is 8.06. The molecule has 0 radical (unpaired) electrons. The minimum absolute atomic E-state index is 0.0337. The van der Waals surface area contributed by atoms with Gasteiger partial charge in [0.2, 0.25) is 5.95 Å². The first-order valence-corrected chi connectivity index (χ1v) is 5.92. The molecule has 1 heterocycles. The molecule has 0 aliphatic heterocycles. The summed E-state index contributed by atoms with van der Waals surface area (Å²) < 4.78 is 0. The van der Waals surface area contributed by atoms with E-state index < -0.39 is 5.97 Å². The zero-order valence-electron chi connectivity index (χ0n) is 10.5. The van der Waals surface area contributed by atoms with Crippen LogP contribution in [-0.4, -0.2) is 27.1 Å². The van der Waals surface area contributed by atoms with Crippen molar-refractivity contribution in [1.29, 1.82) is 0 Å². The molecule has 0 spiro atoms. The number of nitrogens with zero attached hydrogens (tertiary/aromatic N) is 2. The van der Waals surface area contributed by atoms with Crippen LogP contribution in [0.2, 0.25) is 0 Å². The molecule has 0 saturated carbocycles. The van der Waals surface area contributed by atoms with Gasteiger partial charge in [0.05, 0.1) is 0 Å². The Morgan fingerprint density at radius 2 is 2.18 bits per heavy atom. The molecule has 1 atom stereocenters. The van der Waals surface area contributed by atoms with Crippen molar-refractivity contribution in [2.24, 2.45) is 0 Å². The van der Waals surface area contributed by atoms with Crippen LogP contribution < -0.4 is 5.32 Å². The van der Waals surface area contributed by atoms with Crippen LogP contribution in [0.25, 0.3) is 0 Å². The minimum Gasteiger partial charge on any atom is -0.477 e. The molecule has 2 N–H and O–H groups in total. The highest BCUT2D eigenvalue weighted by Crippen LogP contribution is 2.10. The van der Waals surface area contributed by atoms with E-state index >= 15 is 0 Å². The highest BCUT2D eigenvalue weighted by Gasteiger charge is 2.11. The molecule has 1 aromatic rings. The van der Waals surface area contributed by atoms with E-state index in [9.17, 15) is 4.79 Å². The Kier molecular flexibility index (Phi) is 4.87. The molecule has 0 aromatic carbocycles. The number of carbonyl (C=O) groups is 1. The van der Waals surface area contributed by atoms with Crippen LogP contribution in [0.1, 0.15) is 49.3 Å². The molecular formula is C12H19N3O2. The molecule has 1 aromatic heterocycles. The quantitative estimate of drug-likeness (QED) is 0.795. The summed E-state index contributed by atoms with van der Waals surface area (Å²) in [5.74, 6) is -0.621. The number of aromatic nitrogens is 2. The van der Waals surface area contributed by atoms with Crippen molar-refractivity contribution in [3.05, 3.63) is 17.5 Å². The normalized spacial score (nSPS) is 12.2. The van der Waals surface area contributed by atoms with Gasteiger partial charge in [-0.15, -0.1) is 0 Å². The Labute approximate surface area is 101 Å². The molecular weight excluding hydrogens is 218 g/mol. The van der Waals surface area contributed by atoms with E-state index in [0.29, 0.717) is 17.7 Å². The topological polar surface area (TPSA) is 75.1 Å². The van der Waals surface area contributed by atoms with Crippen LogP contribution in [0.15, 0.2) is 6.07 Å². The lowest BCUT2D eigenvalue weighted by atomic mass is 10.1. The standard InChI is InChI=1S/C12H19N3O2/c1-4-6-9(5-2)14-12-13-8(3)7-10(15-12)11(16)17/h7,9H,4-6H2,1-3H3,(H,16,17)(H,13,14,15). The summed E-state index contributed by atoms with van der Waals surface area (Å²) >= 11 is 0. The first kappa shape index (κ1) is 13.4. The van der Waals surface area contributed by atoms with Crippen LogP contribution in [0.3, 0.4) is 0 Å². The van der Waals surface area contributed by atoms with E-state index in [1.54, 1.807) is 6.92 Å². The van der Waals surface area contributed by atoms with Gasteiger partial charge in [0.25, 0.3) is 0 Å². The summed E-state index contributed by atoms with van der Waals surface area (Å²) in [6, 6.07) is 1.76. The van der Waals surface area contributed by atoms with Gasteiger partial charge in [-0.25, -0.2) is 14.8 Å². The largest absolute Gasteiger partial charge is 0.477 e. The number of aromatic carboxylic acids is 1. The van der Waals surface area contributed by atoms with Crippen molar-refractivity contribution in [2.75, 3.05) is 5.32 Å². The Morgan fingerprint density at radius 3 is 2.71 bits per heavy atom. The van der Waals surface area contributed by atoms with E-state index in [-0.39, 0.29) is 5.69 Å². The van der Waals surface area contributed by atoms with Crippen LogP contribution in [-0.2, 0) is 0 Å². The number of carboxylic acid groups (broad SMARTS) is 1. The summed E-state index contributed by atoms with van der Waals surface area (Å²) in [6.07, 6.45) is 3.06. The molecule has 5 nitrogen and oxygen atoms in total. The highest BCUT2D eigenvalue weighted by atomic mass is 16.4. The minimum atomic E-state index is -1.03. The Bertz CT molecular complexity index is 393. The monoisotopic (exact) mass is 237 g/mol. The summed E-state index contributed by atoms with van der Waals surface area (Å²) in [4.78, 5) is 19.1. The summed E-state index contributed by atoms with van der Waals surface area (Å²) in [5, 5.41) is 12.1. The molecule has 0 amide bonds. The maximum atomic E-state index is 10.9. The first-order valence-electron chi connectivity index (χ1n) is 5.92. The van der Waals surface area contributed by atoms with Crippen molar-refractivity contribution in [3.8, 4) is 0 Å². The Morgan fingerprint density at radius 1 is 1.47 bits per heavy atom. The van der Waals surface area contributed by atoms with Crippen LogP contribution in [0.5, 0.6) is 0 Å². The van der Waals surface area contributed by atoms with Crippen molar-refractivity contribution in [3.63, 3.8) is 0 Å². The van der Waals surface area contributed by atoms with E-state index in [1.807, 2.05) is 0 Å². The number of hydrogen-bond donors (Lipinski definition) is 2. The fourth-order valence-corrected chi connectivity index (χ4v) is 1.65. The lowest BCUT2D eigenvalue weighted by Crippen LogP contribution is -2.20. The molecule has 0 bridgehead atoms. The number of nitrogens with one attached hydrogen (secondary N) is 1. The lowest BCUT2D eigenvalue weighted by Gasteiger charge is -2.16. The van der Waals surface area contributed by atoms with Crippen molar-refractivity contribution in [2.45, 2.75) is 46.1 Å². The van der Waals surface area contributed by atoms with E-state index in [2.05, 4.69) is 29.1 Å². The van der Waals surface area contributed by atoms with Crippen molar-refractivity contribution < 1.29 is 9.90 Å². The number of aryl methyl sites for hydroxylation is 1.